The van der Waals surface area contributed by atoms with Crippen LogP contribution < -0.4 is 10.5 Å². The summed E-state index contributed by atoms with van der Waals surface area (Å²) in [6, 6.07) is 6.16. The number of ether oxygens (including phenoxy) is 1. The van der Waals surface area contributed by atoms with Gasteiger partial charge in [0.1, 0.15) is 5.75 Å². The van der Waals surface area contributed by atoms with Crippen LogP contribution in [0.2, 0.25) is 0 Å². The fourth-order valence-electron chi connectivity index (χ4n) is 2.97. The Bertz CT molecular complexity index is 488. The third kappa shape index (κ3) is 4.05. The zero-order valence-electron chi connectivity index (χ0n) is 13.1. The van der Waals surface area contributed by atoms with Gasteiger partial charge in [0.05, 0.1) is 6.61 Å². The lowest BCUT2D eigenvalue weighted by Gasteiger charge is -2.35. The van der Waals surface area contributed by atoms with Crippen molar-refractivity contribution >= 4 is 5.78 Å². The number of Topliss-reactive ketones (excluding diaryl/α,β-unsaturated/α-hetero) is 1. The Balaban J connectivity index is 2.22. The molecule has 0 bridgehead atoms. The standard InChI is InChI=1S/C17H26N2O2/c1-3-21-17-8-7-14(13(2)20)10-15(17)12-19-9-5-4-6-16(19)11-18/h7-8,10,16H,3-6,9,11-12,18H2,1-2H3. The van der Waals surface area contributed by atoms with E-state index in [-0.39, 0.29) is 5.78 Å². The van der Waals surface area contributed by atoms with Crippen LogP contribution in [-0.4, -0.2) is 36.4 Å². The maximum Gasteiger partial charge on any atom is 0.159 e. The number of nitrogens with zero attached hydrogens (tertiary/aromatic N) is 1. The topological polar surface area (TPSA) is 55.6 Å². The minimum atomic E-state index is 0.0910. The average molecular weight is 290 g/mol. The zero-order chi connectivity index (χ0) is 15.2. The molecule has 0 amide bonds. The molecule has 1 fully saturated rings. The number of hydrogen-bond donors (Lipinski definition) is 1. The van der Waals surface area contributed by atoms with Crippen LogP contribution in [0.15, 0.2) is 18.2 Å². The van der Waals surface area contributed by atoms with E-state index >= 15 is 0 Å². The largest absolute Gasteiger partial charge is 0.494 e. The molecule has 1 aromatic rings. The molecule has 21 heavy (non-hydrogen) atoms. The summed E-state index contributed by atoms with van der Waals surface area (Å²) < 4.78 is 5.71. The first-order chi connectivity index (χ1) is 10.2. The summed E-state index contributed by atoms with van der Waals surface area (Å²) in [4.78, 5) is 14.0. The molecule has 0 radical (unpaired) electrons. The van der Waals surface area contributed by atoms with Crippen molar-refractivity contribution < 1.29 is 9.53 Å². The molecule has 1 saturated heterocycles. The number of carbonyl (C=O) groups excluding carboxylic acids is 1. The van der Waals surface area contributed by atoms with Gasteiger partial charge in [0, 0.05) is 30.3 Å². The van der Waals surface area contributed by atoms with Gasteiger partial charge in [0.25, 0.3) is 0 Å². The average Bonchev–Trinajstić information content (AvgIpc) is 2.49. The zero-order valence-corrected chi connectivity index (χ0v) is 13.1. The van der Waals surface area contributed by atoms with E-state index < -0.39 is 0 Å². The minimum Gasteiger partial charge on any atom is -0.494 e. The van der Waals surface area contributed by atoms with Gasteiger partial charge >= 0.3 is 0 Å². The molecule has 1 atom stereocenters. The fourth-order valence-corrected chi connectivity index (χ4v) is 2.97. The SMILES string of the molecule is CCOc1ccc(C(C)=O)cc1CN1CCCCC1CN. The van der Waals surface area contributed by atoms with Crippen LogP contribution in [0, 0.1) is 0 Å². The molecule has 1 unspecified atom stereocenters. The van der Waals surface area contributed by atoms with Gasteiger partial charge in [-0.05, 0) is 51.4 Å². The monoisotopic (exact) mass is 290 g/mol. The van der Waals surface area contributed by atoms with E-state index in [1.807, 2.05) is 25.1 Å². The molecule has 0 saturated carbocycles. The number of nitrogens with two attached hydrogens (primary N) is 1. The number of likely N-dealkylation sites (tertiary alicyclic amines) is 1. The highest BCUT2D eigenvalue weighted by Gasteiger charge is 2.22. The molecular weight excluding hydrogens is 264 g/mol. The molecule has 0 aliphatic carbocycles. The first kappa shape index (κ1) is 16.0. The van der Waals surface area contributed by atoms with Crippen molar-refractivity contribution in [3.63, 3.8) is 0 Å². The molecule has 1 aliphatic rings. The van der Waals surface area contributed by atoms with Crippen molar-refractivity contribution in [2.45, 2.75) is 45.7 Å². The van der Waals surface area contributed by atoms with Gasteiger partial charge in [-0.25, -0.2) is 0 Å². The second-order valence-corrected chi connectivity index (χ2v) is 5.67. The molecular formula is C17H26N2O2. The second kappa shape index (κ2) is 7.57. The minimum absolute atomic E-state index is 0.0910. The third-order valence-electron chi connectivity index (χ3n) is 4.16. The van der Waals surface area contributed by atoms with Crippen molar-refractivity contribution in [1.29, 1.82) is 0 Å². The van der Waals surface area contributed by atoms with Gasteiger partial charge in [-0.1, -0.05) is 6.42 Å². The van der Waals surface area contributed by atoms with Crippen molar-refractivity contribution in [1.82, 2.24) is 4.90 Å². The number of piperidine rings is 1. The van der Waals surface area contributed by atoms with E-state index in [2.05, 4.69) is 4.90 Å². The molecule has 2 N–H and O–H groups in total. The van der Waals surface area contributed by atoms with Crippen LogP contribution in [0.25, 0.3) is 0 Å². The van der Waals surface area contributed by atoms with Crippen LogP contribution in [0.4, 0.5) is 0 Å². The Kier molecular flexibility index (Phi) is 5.76. The number of benzene rings is 1. The predicted molar refractivity (Wildman–Crippen MR) is 84.7 cm³/mol. The van der Waals surface area contributed by atoms with Crippen molar-refractivity contribution in [2.75, 3.05) is 19.7 Å². The van der Waals surface area contributed by atoms with Gasteiger partial charge < -0.3 is 10.5 Å². The summed E-state index contributed by atoms with van der Waals surface area (Å²) in [5.41, 5.74) is 7.73. The Morgan fingerprint density at radius 1 is 1.43 bits per heavy atom. The molecule has 4 nitrogen and oxygen atoms in total. The summed E-state index contributed by atoms with van der Waals surface area (Å²) in [6.45, 7) is 6.77. The van der Waals surface area contributed by atoms with Crippen LogP contribution in [0.3, 0.4) is 0 Å². The molecule has 4 heteroatoms. The van der Waals surface area contributed by atoms with Crippen LogP contribution >= 0.6 is 0 Å². The number of carbonyl (C=O) groups is 1. The first-order valence-electron chi connectivity index (χ1n) is 7.86. The normalized spacial score (nSPS) is 19.5. The molecule has 2 rings (SSSR count). The summed E-state index contributed by atoms with van der Waals surface area (Å²) in [5, 5.41) is 0. The molecule has 1 heterocycles. The van der Waals surface area contributed by atoms with Crippen molar-refractivity contribution in [3.05, 3.63) is 29.3 Å². The van der Waals surface area contributed by atoms with Gasteiger partial charge in [-0.3, -0.25) is 9.69 Å². The Hall–Kier alpha value is -1.39. The highest BCUT2D eigenvalue weighted by atomic mass is 16.5. The smallest absolute Gasteiger partial charge is 0.159 e. The summed E-state index contributed by atoms with van der Waals surface area (Å²) in [7, 11) is 0. The number of hydrogen-bond acceptors (Lipinski definition) is 4. The van der Waals surface area contributed by atoms with E-state index in [1.165, 1.54) is 12.8 Å². The van der Waals surface area contributed by atoms with Gasteiger partial charge in [0.2, 0.25) is 0 Å². The van der Waals surface area contributed by atoms with E-state index in [9.17, 15) is 4.79 Å². The lowest BCUT2D eigenvalue weighted by Crippen LogP contribution is -2.43. The van der Waals surface area contributed by atoms with Crippen LogP contribution in [-0.2, 0) is 6.54 Å². The summed E-state index contributed by atoms with van der Waals surface area (Å²) in [6.07, 6.45) is 3.63. The Morgan fingerprint density at radius 2 is 2.24 bits per heavy atom. The maximum atomic E-state index is 11.6. The van der Waals surface area contributed by atoms with Crippen molar-refractivity contribution in [3.8, 4) is 5.75 Å². The fraction of sp³-hybridized carbons (Fsp3) is 0.588. The maximum absolute atomic E-state index is 11.6. The van der Waals surface area contributed by atoms with Gasteiger partial charge in [-0.2, -0.15) is 0 Å². The van der Waals surface area contributed by atoms with Crippen LogP contribution in [0.5, 0.6) is 5.75 Å². The first-order valence-corrected chi connectivity index (χ1v) is 7.86. The lowest BCUT2D eigenvalue weighted by atomic mass is 10.00. The van der Waals surface area contributed by atoms with E-state index in [4.69, 9.17) is 10.5 Å². The second-order valence-electron chi connectivity index (χ2n) is 5.67. The van der Waals surface area contributed by atoms with E-state index in [1.54, 1.807) is 6.92 Å². The quantitative estimate of drug-likeness (QED) is 0.818. The van der Waals surface area contributed by atoms with Crippen LogP contribution in [0.1, 0.15) is 49.0 Å². The lowest BCUT2D eigenvalue weighted by molar-refractivity contribution is 0.101. The highest BCUT2D eigenvalue weighted by Crippen LogP contribution is 2.26. The molecule has 116 valence electrons. The highest BCUT2D eigenvalue weighted by molar-refractivity contribution is 5.94. The third-order valence-corrected chi connectivity index (χ3v) is 4.16. The Morgan fingerprint density at radius 3 is 2.90 bits per heavy atom. The molecule has 1 aliphatic heterocycles. The number of rotatable bonds is 6. The van der Waals surface area contributed by atoms with E-state index in [0.717, 1.165) is 36.4 Å². The van der Waals surface area contributed by atoms with Gasteiger partial charge in [0.15, 0.2) is 5.78 Å². The number of ketones is 1. The van der Waals surface area contributed by atoms with E-state index in [0.29, 0.717) is 19.2 Å². The summed E-state index contributed by atoms with van der Waals surface area (Å²) in [5.74, 6) is 0.970. The predicted octanol–water partition coefficient (Wildman–Crippen LogP) is 2.60. The summed E-state index contributed by atoms with van der Waals surface area (Å²) >= 11 is 0. The molecule has 0 spiro atoms. The van der Waals surface area contributed by atoms with Gasteiger partial charge in [-0.15, -0.1) is 0 Å². The molecule has 0 aromatic heterocycles. The molecule has 1 aromatic carbocycles. The van der Waals surface area contributed by atoms with Crippen molar-refractivity contribution in [2.24, 2.45) is 5.73 Å². The Labute approximate surface area is 127 Å².